The lowest BCUT2D eigenvalue weighted by atomic mass is 9.82. The molecule has 4 heteroatoms. The van der Waals surface area contributed by atoms with Crippen LogP contribution in [0.3, 0.4) is 0 Å². The molecule has 2 fully saturated rings. The number of ether oxygens (including phenoxy) is 2. The van der Waals surface area contributed by atoms with Crippen molar-refractivity contribution < 1.29 is 18.3 Å². The molecule has 2 rings (SSSR count). The fourth-order valence-corrected chi connectivity index (χ4v) is 3.72. The quantitative estimate of drug-likeness (QED) is 0.424. The Labute approximate surface area is 145 Å². The van der Waals surface area contributed by atoms with Crippen LogP contribution in [0.2, 0.25) is 0 Å². The van der Waals surface area contributed by atoms with Gasteiger partial charge in [0.05, 0.1) is 12.2 Å². The molecule has 0 aromatic carbocycles. The van der Waals surface area contributed by atoms with Crippen LogP contribution in [0.5, 0.6) is 0 Å². The fraction of sp³-hybridized carbons (Fsp3) is 0.800. The highest BCUT2D eigenvalue weighted by molar-refractivity contribution is 4.90. The van der Waals surface area contributed by atoms with Gasteiger partial charge in [0.2, 0.25) is 0 Å². The van der Waals surface area contributed by atoms with Crippen LogP contribution in [0, 0.1) is 11.8 Å². The first kappa shape index (κ1) is 19.6. The summed E-state index contributed by atoms with van der Waals surface area (Å²) < 4.78 is 39.8. The van der Waals surface area contributed by atoms with Gasteiger partial charge in [-0.1, -0.05) is 12.2 Å². The topological polar surface area (TPSA) is 18.5 Å². The molecule has 2 saturated carbocycles. The third-order valence-electron chi connectivity index (χ3n) is 5.41. The van der Waals surface area contributed by atoms with Crippen LogP contribution in [0.4, 0.5) is 8.78 Å². The Bertz CT molecular complexity index is 380. The van der Waals surface area contributed by atoms with Crippen LogP contribution in [0.25, 0.3) is 0 Å². The van der Waals surface area contributed by atoms with Crippen molar-refractivity contribution in [2.45, 2.75) is 75.9 Å². The van der Waals surface area contributed by atoms with Crippen molar-refractivity contribution >= 4 is 0 Å². The summed E-state index contributed by atoms with van der Waals surface area (Å²) in [6.45, 7) is 8.49. The van der Waals surface area contributed by atoms with Crippen molar-refractivity contribution in [3.8, 4) is 0 Å². The van der Waals surface area contributed by atoms with Gasteiger partial charge in [-0.2, -0.15) is 0 Å². The van der Waals surface area contributed by atoms with Gasteiger partial charge in [0.15, 0.2) is 12.3 Å². The summed E-state index contributed by atoms with van der Waals surface area (Å²) in [4.78, 5) is 0. The average molecular weight is 342 g/mol. The van der Waals surface area contributed by atoms with E-state index in [1.54, 1.807) is 0 Å². The zero-order valence-corrected chi connectivity index (χ0v) is 14.7. The minimum atomic E-state index is -1.58. The molecule has 0 spiro atoms. The van der Waals surface area contributed by atoms with Gasteiger partial charge >= 0.3 is 0 Å². The summed E-state index contributed by atoms with van der Waals surface area (Å²) in [5.41, 5.74) is 0. The lowest BCUT2D eigenvalue weighted by Gasteiger charge is -2.36. The van der Waals surface area contributed by atoms with Crippen molar-refractivity contribution in [3.63, 3.8) is 0 Å². The van der Waals surface area contributed by atoms with Crippen LogP contribution in [-0.2, 0) is 9.47 Å². The van der Waals surface area contributed by atoms with Crippen LogP contribution in [0.1, 0.15) is 51.4 Å². The normalized spacial score (nSPS) is 37.1. The van der Waals surface area contributed by atoms with E-state index >= 15 is 0 Å². The highest BCUT2D eigenvalue weighted by atomic mass is 19.2. The van der Waals surface area contributed by atoms with E-state index in [2.05, 4.69) is 13.2 Å². The molecular formula is C20H32F2O2. The van der Waals surface area contributed by atoms with E-state index in [9.17, 15) is 8.78 Å². The van der Waals surface area contributed by atoms with Gasteiger partial charge in [-0.15, -0.1) is 13.2 Å². The lowest BCUT2D eigenvalue weighted by molar-refractivity contribution is -0.123. The first-order valence-corrected chi connectivity index (χ1v) is 9.40. The first-order valence-electron chi connectivity index (χ1n) is 9.40. The van der Waals surface area contributed by atoms with E-state index in [0.717, 1.165) is 38.5 Å². The zero-order valence-electron chi connectivity index (χ0n) is 14.7. The van der Waals surface area contributed by atoms with Gasteiger partial charge in [0.1, 0.15) is 0 Å². The minimum absolute atomic E-state index is 0.460. The van der Waals surface area contributed by atoms with Crippen LogP contribution >= 0.6 is 0 Å². The number of alkyl halides is 2. The van der Waals surface area contributed by atoms with Gasteiger partial charge in [0.25, 0.3) is 0 Å². The number of unbranched alkanes of at least 4 members (excludes halogenated alkanes) is 1. The SMILES string of the molecule is C=CCCCOC1CCC(OCC2CCC(C=C)CC2)C(F)C1F. The maximum Gasteiger partial charge on any atom is 0.160 e. The Kier molecular flexibility index (Phi) is 8.40. The summed E-state index contributed by atoms with van der Waals surface area (Å²) in [6, 6.07) is 0. The molecule has 4 atom stereocenters. The van der Waals surface area contributed by atoms with E-state index in [-0.39, 0.29) is 0 Å². The average Bonchev–Trinajstić information content (AvgIpc) is 2.62. The second-order valence-corrected chi connectivity index (χ2v) is 7.19. The Balaban J connectivity index is 1.68. The third kappa shape index (κ3) is 5.66. The molecule has 0 aromatic rings. The molecule has 0 aliphatic heterocycles. The first-order chi connectivity index (χ1) is 11.7. The Morgan fingerprint density at radius 3 is 2.08 bits per heavy atom. The van der Waals surface area contributed by atoms with Crippen LogP contribution < -0.4 is 0 Å². The second kappa shape index (κ2) is 10.3. The van der Waals surface area contributed by atoms with Gasteiger partial charge in [-0.25, -0.2) is 8.78 Å². The summed E-state index contributed by atoms with van der Waals surface area (Å²) in [6.07, 6.45) is 6.58. The van der Waals surface area contributed by atoms with Crippen molar-refractivity contribution in [3.05, 3.63) is 25.3 Å². The Hall–Kier alpha value is -0.740. The molecule has 2 aliphatic rings. The summed E-state index contributed by atoms with van der Waals surface area (Å²) in [5, 5.41) is 0. The standard InChI is InChI=1S/C20H32F2O2/c1-3-5-6-13-23-17-11-12-18(20(22)19(17)21)24-14-16-9-7-15(4-2)8-10-16/h3-4,15-20H,1-2,5-14H2. The summed E-state index contributed by atoms with van der Waals surface area (Å²) >= 11 is 0. The molecular weight excluding hydrogens is 310 g/mol. The van der Waals surface area contributed by atoms with Gasteiger partial charge in [-0.3, -0.25) is 0 Å². The number of rotatable bonds is 9. The zero-order chi connectivity index (χ0) is 17.4. The van der Waals surface area contributed by atoms with Crippen molar-refractivity contribution in [2.24, 2.45) is 11.8 Å². The molecule has 0 saturated heterocycles. The van der Waals surface area contributed by atoms with Gasteiger partial charge in [0, 0.05) is 13.2 Å². The molecule has 0 N–H and O–H groups in total. The summed E-state index contributed by atoms with van der Waals surface area (Å²) in [5.74, 6) is 1.08. The maximum absolute atomic E-state index is 14.3. The number of halogens is 2. The molecule has 0 bridgehead atoms. The van der Waals surface area contributed by atoms with Crippen molar-refractivity contribution in [1.82, 2.24) is 0 Å². The van der Waals surface area contributed by atoms with E-state index in [0.29, 0.717) is 37.9 Å². The van der Waals surface area contributed by atoms with Crippen molar-refractivity contribution in [2.75, 3.05) is 13.2 Å². The maximum atomic E-state index is 14.3. The van der Waals surface area contributed by atoms with Gasteiger partial charge < -0.3 is 9.47 Å². The van der Waals surface area contributed by atoms with E-state index in [4.69, 9.17) is 9.47 Å². The number of hydrogen-bond donors (Lipinski definition) is 0. The van der Waals surface area contributed by atoms with E-state index < -0.39 is 24.6 Å². The van der Waals surface area contributed by atoms with E-state index in [1.807, 2.05) is 12.2 Å². The minimum Gasteiger partial charge on any atom is -0.375 e. The predicted molar refractivity (Wildman–Crippen MR) is 93.6 cm³/mol. The fourth-order valence-electron chi connectivity index (χ4n) is 3.72. The highest BCUT2D eigenvalue weighted by Gasteiger charge is 2.41. The second-order valence-electron chi connectivity index (χ2n) is 7.19. The molecule has 0 aromatic heterocycles. The smallest absolute Gasteiger partial charge is 0.160 e. The van der Waals surface area contributed by atoms with Gasteiger partial charge in [-0.05, 0) is 63.2 Å². The lowest BCUT2D eigenvalue weighted by Crippen LogP contribution is -2.47. The Morgan fingerprint density at radius 2 is 1.50 bits per heavy atom. The molecule has 24 heavy (non-hydrogen) atoms. The third-order valence-corrected chi connectivity index (χ3v) is 5.41. The highest BCUT2D eigenvalue weighted by Crippen LogP contribution is 2.33. The van der Waals surface area contributed by atoms with Crippen LogP contribution in [-0.4, -0.2) is 37.8 Å². The van der Waals surface area contributed by atoms with Crippen LogP contribution in [0.15, 0.2) is 25.3 Å². The largest absolute Gasteiger partial charge is 0.375 e. The molecule has 0 amide bonds. The molecule has 2 aliphatic carbocycles. The number of allylic oxidation sites excluding steroid dienone is 2. The molecule has 0 radical (unpaired) electrons. The van der Waals surface area contributed by atoms with E-state index in [1.165, 1.54) is 0 Å². The molecule has 2 nitrogen and oxygen atoms in total. The summed E-state index contributed by atoms with van der Waals surface area (Å²) in [7, 11) is 0. The molecule has 4 unspecified atom stereocenters. The van der Waals surface area contributed by atoms with Crippen molar-refractivity contribution in [1.29, 1.82) is 0 Å². The Morgan fingerprint density at radius 1 is 0.875 bits per heavy atom. The predicted octanol–water partition coefficient (Wildman–Crippen LogP) is 5.19. The monoisotopic (exact) mass is 342 g/mol. The molecule has 138 valence electrons. The number of hydrogen-bond acceptors (Lipinski definition) is 2. The molecule has 0 heterocycles.